The lowest BCUT2D eigenvalue weighted by Crippen LogP contribution is -2.52. The Morgan fingerprint density at radius 1 is 0.931 bits per heavy atom. The average molecular weight is 402 g/mol. The fourth-order valence-corrected chi connectivity index (χ4v) is 4.62. The molecule has 3 aliphatic rings. The van der Waals surface area contributed by atoms with E-state index in [1.807, 2.05) is 11.8 Å². The molecule has 2 aliphatic heterocycles. The molecular weight excluding hydrogens is 375 g/mol. The maximum Gasteiger partial charge on any atom is 0.335 e. The molecule has 29 heavy (non-hydrogen) atoms. The molecule has 0 unspecified atom stereocenters. The molecule has 0 aromatic heterocycles. The Morgan fingerprint density at radius 3 is 2.24 bits per heavy atom. The van der Waals surface area contributed by atoms with Gasteiger partial charge in [0.2, 0.25) is 0 Å². The van der Waals surface area contributed by atoms with Crippen LogP contribution < -0.4 is 4.90 Å². The smallest absolute Gasteiger partial charge is 0.335 e. The van der Waals surface area contributed by atoms with Crippen molar-refractivity contribution in [3.05, 3.63) is 30.1 Å². The summed E-state index contributed by atoms with van der Waals surface area (Å²) >= 11 is 0. The number of anilines is 1. The normalized spacial score (nSPS) is 26.6. The van der Waals surface area contributed by atoms with Gasteiger partial charge in [-0.25, -0.2) is 14.1 Å². The van der Waals surface area contributed by atoms with Crippen LogP contribution in [0.1, 0.15) is 32.6 Å². The number of urea groups is 1. The summed E-state index contributed by atoms with van der Waals surface area (Å²) in [5.74, 6) is -1.43. The van der Waals surface area contributed by atoms with Crippen LogP contribution >= 0.6 is 0 Å². The Morgan fingerprint density at radius 2 is 1.59 bits per heavy atom. The Balaban J connectivity index is 1.37. The maximum atomic E-state index is 13.1. The van der Waals surface area contributed by atoms with Crippen LogP contribution in [0.25, 0.3) is 0 Å². The van der Waals surface area contributed by atoms with E-state index in [9.17, 15) is 18.8 Å². The lowest BCUT2D eigenvalue weighted by atomic mass is 9.85. The average Bonchev–Trinajstić information content (AvgIpc) is 2.93. The van der Waals surface area contributed by atoms with E-state index in [-0.39, 0.29) is 24.4 Å². The van der Waals surface area contributed by atoms with Crippen LogP contribution in [0.2, 0.25) is 0 Å². The highest BCUT2D eigenvalue weighted by molar-refractivity contribution is 6.44. The van der Waals surface area contributed by atoms with Crippen molar-refractivity contribution in [3.8, 4) is 0 Å². The van der Waals surface area contributed by atoms with Crippen molar-refractivity contribution in [2.75, 3.05) is 37.7 Å². The van der Waals surface area contributed by atoms with Gasteiger partial charge >= 0.3 is 17.8 Å². The fourth-order valence-electron chi connectivity index (χ4n) is 4.62. The molecule has 8 heteroatoms. The highest BCUT2D eigenvalue weighted by Crippen LogP contribution is 2.31. The third kappa shape index (κ3) is 3.85. The zero-order chi connectivity index (χ0) is 20.5. The number of hydrogen-bond donors (Lipinski definition) is 0. The summed E-state index contributed by atoms with van der Waals surface area (Å²) in [7, 11) is 0. The number of halogens is 1. The van der Waals surface area contributed by atoms with Crippen molar-refractivity contribution in [1.82, 2.24) is 14.7 Å². The van der Waals surface area contributed by atoms with Crippen molar-refractivity contribution >= 4 is 23.5 Å². The molecule has 156 valence electrons. The van der Waals surface area contributed by atoms with Crippen LogP contribution in [-0.4, -0.2) is 71.4 Å². The zero-order valence-corrected chi connectivity index (χ0v) is 16.7. The van der Waals surface area contributed by atoms with Gasteiger partial charge in [0, 0.05) is 37.9 Å². The predicted molar refractivity (Wildman–Crippen MR) is 106 cm³/mol. The fraction of sp³-hybridized carbons (Fsp3) is 0.571. The molecule has 0 N–H and O–H groups in total. The largest absolute Gasteiger partial charge is 0.369 e. The number of nitrogens with zero attached hydrogens (tertiary/aromatic N) is 4. The van der Waals surface area contributed by atoms with Crippen molar-refractivity contribution in [2.45, 2.75) is 38.6 Å². The summed E-state index contributed by atoms with van der Waals surface area (Å²) in [5.41, 5.74) is 0.951. The number of hydrogen-bond acceptors (Lipinski definition) is 5. The van der Waals surface area contributed by atoms with Gasteiger partial charge in [-0.2, -0.15) is 0 Å². The van der Waals surface area contributed by atoms with E-state index in [0.717, 1.165) is 36.3 Å². The summed E-state index contributed by atoms with van der Waals surface area (Å²) in [6.07, 6.45) is 3.83. The molecule has 2 saturated heterocycles. The Labute approximate surface area is 170 Å². The van der Waals surface area contributed by atoms with E-state index >= 15 is 0 Å². The first kappa shape index (κ1) is 19.8. The van der Waals surface area contributed by atoms with Crippen LogP contribution in [-0.2, 0) is 9.59 Å². The van der Waals surface area contributed by atoms with E-state index < -0.39 is 17.8 Å². The minimum Gasteiger partial charge on any atom is -0.369 e. The second-order valence-corrected chi connectivity index (χ2v) is 8.24. The predicted octanol–water partition coefficient (Wildman–Crippen LogP) is 2.27. The zero-order valence-electron chi connectivity index (χ0n) is 16.7. The first-order valence-corrected chi connectivity index (χ1v) is 10.4. The van der Waals surface area contributed by atoms with Gasteiger partial charge in [-0.1, -0.05) is 19.8 Å². The van der Waals surface area contributed by atoms with Gasteiger partial charge < -0.3 is 4.90 Å². The van der Waals surface area contributed by atoms with Crippen LogP contribution in [0.5, 0.6) is 0 Å². The number of imide groups is 2. The van der Waals surface area contributed by atoms with Crippen LogP contribution in [0, 0.1) is 11.7 Å². The van der Waals surface area contributed by atoms with Crippen LogP contribution in [0.15, 0.2) is 24.3 Å². The van der Waals surface area contributed by atoms with Crippen molar-refractivity contribution in [2.24, 2.45) is 5.92 Å². The Bertz CT molecular complexity index is 792. The van der Waals surface area contributed by atoms with E-state index in [1.54, 1.807) is 12.1 Å². The summed E-state index contributed by atoms with van der Waals surface area (Å²) in [4.78, 5) is 44.4. The molecule has 2 atom stereocenters. The summed E-state index contributed by atoms with van der Waals surface area (Å²) in [6, 6.07) is 5.74. The van der Waals surface area contributed by atoms with Gasteiger partial charge in [-0.3, -0.25) is 19.4 Å². The standard InChI is InChI=1S/C21H27FN4O3/c1-15-4-2-3-5-18(15)26-20(28)19(27)25(21(26)29)14-23-10-12-24(13-11-23)17-8-6-16(22)7-9-17/h6-9,15,18H,2-5,10-14H2,1H3/t15-,18+/m0/s1. The number of carbonyl (C=O) groups is 3. The molecule has 1 saturated carbocycles. The molecule has 4 rings (SSSR count). The molecule has 2 heterocycles. The third-order valence-corrected chi connectivity index (χ3v) is 6.39. The number of carbonyl (C=O) groups excluding carboxylic acids is 3. The quantitative estimate of drug-likeness (QED) is 0.571. The lowest BCUT2D eigenvalue weighted by Gasteiger charge is -2.37. The van der Waals surface area contributed by atoms with Gasteiger partial charge in [0.15, 0.2) is 0 Å². The summed E-state index contributed by atoms with van der Waals surface area (Å²) in [5, 5.41) is 0. The van der Waals surface area contributed by atoms with Gasteiger partial charge in [0.05, 0.1) is 6.67 Å². The highest BCUT2D eigenvalue weighted by atomic mass is 19.1. The van der Waals surface area contributed by atoms with E-state index in [4.69, 9.17) is 0 Å². The molecule has 7 nitrogen and oxygen atoms in total. The molecule has 0 radical (unpaired) electrons. The van der Waals surface area contributed by atoms with Crippen LogP contribution in [0.3, 0.4) is 0 Å². The lowest BCUT2D eigenvalue weighted by molar-refractivity contribution is -0.145. The molecule has 1 aliphatic carbocycles. The monoisotopic (exact) mass is 402 g/mol. The Kier molecular flexibility index (Phi) is 5.54. The first-order chi connectivity index (χ1) is 14.0. The minimum absolute atomic E-state index is 0.137. The second-order valence-electron chi connectivity index (χ2n) is 8.24. The van der Waals surface area contributed by atoms with Gasteiger partial charge in [-0.05, 0) is 43.0 Å². The summed E-state index contributed by atoms with van der Waals surface area (Å²) in [6.45, 7) is 4.91. The minimum atomic E-state index is -0.714. The summed E-state index contributed by atoms with van der Waals surface area (Å²) < 4.78 is 13.1. The van der Waals surface area contributed by atoms with Gasteiger partial charge in [-0.15, -0.1) is 0 Å². The SMILES string of the molecule is C[C@H]1CCCC[C@H]1N1C(=O)C(=O)N(CN2CCN(c3ccc(F)cc3)CC2)C1=O. The number of benzene rings is 1. The highest BCUT2D eigenvalue weighted by Gasteiger charge is 2.49. The third-order valence-electron chi connectivity index (χ3n) is 6.39. The molecule has 0 bridgehead atoms. The van der Waals surface area contributed by atoms with Crippen molar-refractivity contribution in [3.63, 3.8) is 0 Å². The van der Waals surface area contributed by atoms with Gasteiger partial charge in [0.1, 0.15) is 5.82 Å². The second kappa shape index (κ2) is 8.10. The molecule has 0 spiro atoms. The number of rotatable bonds is 4. The number of piperazine rings is 1. The topological polar surface area (TPSA) is 64.2 Å². The molecule has 1 aromatic rings. The number of amides is 4. The molecular formula is C21H27FN4O3. The van der Waals surface area contributed by atoms with E-state index in [2.05, 4.69) is 4.90 Å². The molecule has 4 amide bonds. The van der Waals surface area contributed by atoms with Gasteiger partial charge in [0.25, 0.3) is 0 Å². The van der Waals surface area contributed by atoms with E-state index in [1.165, 1.54) is 17.0 Å². The molecule has 3 fully saturated rings. The van der Waals surface area contributed by atoms with Crippen molar-refractivity contribution in [1.29, 1.82) is 0 Å². The first-order valence-electron chi connectivity index (χ1n) is 10.4. The van der Waals surface area contributed by atoms with Crippen molar-refractivity contribution < 1.29 is 18.8 Å². The molecule has 1 aromatic carbocycles. The Hall–Kier alpha value is -2.48. The van der Waals surface area contributed by atoms with Crippen LogP contribution in [0.4, 0.5) is 14.9 Å². The van der Waals surface area contributed by atoms with E-state index in [0.29, 0.717) is 26.2 Å². The maximum absolute atomic E-state index is 13.1.